The fourth-order valence-corrected chi connectivity index (χ4v) is 2.43. The SMILES string of the molecule is CCC(N)Cc1ccc(N2CCOCC2(C)C)nc1. The van der Waals surface area contributed by atoms with E-state index in [1.165, 1.54) is 5.56 Å². The van der Waals surface area contributed by atoms with Crippen molar-refractivity contribution in [2.75, 3.05) is 24.7 Å². The minimum Gasteiger partial charge on any atom is -0.377 e. The van der Waals surface area contributed by atoms with E-state index in [2.05, 4.69) is 42.8 Å². The van der Waals surface area contributed by atoms with E-state index in [1.54, 1.807) is 0 Å². The standard InChI is InChI=1S/C15H25N3O/c1-4-13(16)9-12-5-6-14(17-10-12)18-7-8-19-11-15(18,2)3/h5-6,10,13H,4,7-9,11,16H2,1-3H3. The smallest absolute Gasteiger partial charge is 0.129 e. The Bertz CT molecular complexity index is 402. The van der Waals surface area contributed by atoms with Crippen LogP contribution in [0.5, 0.6) is 0 Å². The second-order valence-electron chi connectivity index (χ2n) is 5.91. The van der Waals surface area contributed by atoms with Gasteiger partial charge < -0.3 is 15.4 Å². The highest BCUT2D eigenvalue weighted by molar-refractivity contribution is 5.43. The third-order valence-electron chi connectivity index (χ3n) is 3.75. The summed E-state index contributed by atoms with van der Waals surface area (Å²) in [5.74, 6) is 1.03. The second kappa shape index (κ2) is 5.88. The van der Waals surface area contributed by atoms with Gasteiger partial charge in [0, 0.05) is 18.8 Å². The van der Waals surface area contributed by atoms with Gasteiger partial charge in [-0.25, -0.2) is 4.98 Å². The van der Waals surface area contributed by atoms with Gasteiger partial charge >= 0.3 is 0 Å². The molecule has 0 radical (unpaired) electrons. The monoisotopic (exact) mass is 263 g/mol. The molecule has 2 heterocycles. The minimum absolute atomic E-state index is 0.00654. The molecular weight excluding hydrogens is 238 g/mol. The summed E-state index contributed by atoms with van der Waals surface area (Å²) in [6.07, 6.45) is 3.85. The molecule has 1 unspecified atom stereocenters. The molecule has 4 heteroatoms. The van der Waals surface area contributed by atoms with Gasteiger partial charge in [0.25, 0.3) is 0 Å². The number of hydrogen-bond acceptors (Lipinski definition) is 4. The molecule has 1 atom stereocenters. The highest BCUT2D eigenvalue weighted by Crippen LogP contribution is 2.25. The molecular formula is C15H25N3O. The molecule has 0 saturated carbocycles. The lowest BCUT2D eigenvalue weighted by Gasteiger charge is -2.43. The predicted octanol–water partition coefficient (Wildman–Crippen LogP) is 1.98. The zero-order chi connectivity index (χ0) is 13.9. The number of nitrogens with zero attached hydrogens (tertiary/aromatic N) is 2. The number of pyridine rings is 1. The van der Waals surface area contributed by atoms with Crippen LogP contribution in [-0.4, -0.2) is 36.3 Å². The fraction of sp³-hybridized carbons (Fsp3) is 0.667. The van der Waals surface area contributed by atoms with Crippen LogP contribution in [0.1, 0.15) is 32.8 Å². The summed E-state index contributed by atoms with van der Waals surface area (Å²) in [5, 5.41) is 0. The van der Waals surface area contributed by atoms with E-state index < -0.39 is 0 Å². The van der Waals surface area contributed by atoms with Crippen LogP contribution in [0.4, 0.5) is 5.82 Å². The summed E-state index contributed by atoms with van der Waals surface area (Å²) >= 11 is 0. The molecule has 0 bridgehead atoms. The lowest BCUT2D eigenvalue weighted by atomic mass is 10.0. The Balaban J connectivity index is 2.09. The molecule has 1 saturated heterocycles. The summed E-state index contributed by atoms with van der Waals surface area (Å²) in [6, 6.07) is 4.47. The molecule has 2 N–H and O–H groups in total. The van der Waals surface area contributed by atoms with Crippen LogP contribution >= 0.6 is 0 Å². The first-order chi connectivity index (χ1) is 9.03. The zero-order valence-electron chi connectivity index (χ0n) is 12.2. The summed E-state index contributed by atoms with van der Waals surface area (Å²) in [6.45, 7) is 8.91. The number of aromatic nitrogens is 1. The molecule has 19 heavy (non-hydrogen) atoms. The molecule has 1 aliphatic heterocycles. The van der Waals surface area contributed by atoms with Gasteiger partial charge in [-0.2, -0.15) is 0 Å². The van der Waals surface area contributed by atoms with Gasteiger partial charge in [-0.1, -0.05) is 13.0 Å². The van der Waals surface area contributed by atoms with Crippen molar-refractivity contribution in [2.45, 2.75) is 45.2 Å². The van der Waals surface area contributed by atoms with Crippen LogP contribution in [-0.2, 0) is 11.2 Å². The third-order valence-corrected chi connectivity index (χ3v) is 3.75. The average Bonchev–Trinajstić information content (AvgIpc) is 2.39. The summed E-state index contributed by atoms with van der Waals surface area (Å²) in [7, 11) is 0. The normalized spacial score (nSPS) is 20.3. The average molecular weight is 263 g/mol. The number of nitrogens with two attached hydrogens (primary N) is 1. The molecule has 1 aromatic heterocycles. The first-order valence-corrected chi connectivity index (χ1v) is 7.09. The molecule has 1 fully saturated rings. The fourth-order valence-electron chi connectivity index (χ4n) is 2.43. The van der Waals surface area contributed by atoms with E-state index in [9.17, 15) is 0 Å². The van der Waals surface area contributed by atoms with E-state index in [0.717, 1.165) is 38.4 Å². The van der Waals surface area contributed by atoms with Gasteiger partial charge in [0.2, 0.25) is 0 Å². The molecule has 0 spiro atoms. The molecule has 4 nitrogen and oxygen atoms in total. The van der Waals surface area contributed by atoms with Gasteiger partial charge in [0.15, 0.2) is 0 Å². The number of anilines is 1. The van der Waals surface area contributed by atoms with Gasteiger partial charge in [-0.05, 0) is 38.3 Å². The van der Waals surface area contributed by atoms with Crippen LogP contribution in [0.3, 0.4) is 0 Å². The van der Waals surface area contributed by atoms with Gasteiger partial charge in [-0.15, -0.1) is 0 Å². The third kappa shape index (κ3) is 3.45. The quantitative estimate of drug-likeness (QED) is 0.902. The van der Waals surface area contributed by atoms with Crippen molar-refractivity contribution in [2.24, 2.45) is 5.73 Å². The topological polar surface area (TPSA) is 51.4 Å². The van der Waals surface area contributed by atoms with Crippen LogP contribution in [0, 0.1) is 0 Å². The van der Waals surface area contributed by atoms with Gasteiger partial charge in [0.1, 0.15) is 5.82 Å². The van der Waals surface area contributed by atoms with E-state index in [-0.39, 0.29) is 11.6 Å². The second-order valence-corrected chi connectivity index (χ2v) is 5.91. The maximum atomic E-state index is 5.97. The molecule has 1 aromatic rings. The Labute approximate surface area is 116 Å². The van der Waals surface area contributed by atoms with Crippen molar-refractivity contribution in [3.8, 4) is 0 Å². The number of hydrogen-bond donors (Lipinski definition) is 1. The Hall–Kier alpha value is -1.13. The maximum Gasteiger partial charge on any atom is 0.129 e. The van der Waals surface area contributed by atoms with E-state index >= 15 is 0 Å². The van der Waals surface area contributed by atoms with Crippen LogP contribution < -0.4 is 10.6 Å². The maximum absolute atomic E-state index is 5.97. The Morgan fingerprint density at radius 1 is 1.47 bits per heavy atom. The highest BCUT2D eigenvalue weighted by atomic mass is 16.5. The van der Waals surface area contributed by atoms with E-state index in [0.29, 0.717) is 0 Å². The number of rotatable bonds is 4. The molecule has 2 rings (SSSR count). The van der Waals surface area contributed by atoms with Crippen molar-refractivity contribution in [3.05, 3.63) is 23.9 Å². The van der Waals surface area contributed by atoms with Crippen molar-refractivity contribution >= 4 is 5.82 Å². The highest BCUT2D eigenvalue weighted by Gasteiger charge is 2.31. The van der Waals surface area contributed by atoms with Crippen molar-refractivity contribution in [3.63, 3.8) is 0 Å². The number of ether oxygens (including phenoxy) is 1. The van der Waals surface area contributed by atoms with E-state index in [1.807, 2.05) is 6.20 Å². The Morgan fingerprint density at radius 2 is 2.26 bits per heavy atom. The molecule has 1 aliphatic rings. The zero-order valence-corrected chi connectivity index (χ0v) is 12.2. The van der Waals surface area contributed by atoms with Crippen molar-refractivity contribution in [1.29, 1.82) is 0 Å². The summed E-state index contributed by atoms with van der Waals surface area (Å²) in [4.78, 5) is 6.92. The largest absolute Gasteiger partial charge is 0.377 e. The van der Waals surface area contributed by atoms with Crippen LogP contribution in [0.25, 0.3) is 0 Å². The van der Waals surface area contributed by atoms with Crippen molar-refractivity contribution < 1.29 is 4.74 Å². The molecule has 106 valence electrons. The molecule has 0 aromatic carbocycles. The minimum atomic E-state index is 0.00654. The van der Waals surface area contributed by atoms with Crippen molar-refractivity contribution in [1.82, 2.24) is 4.98 Å². The first-order valence-electron chi connectivity index (χ1n) is 7.09. The van der Waals surface area contributed by atoms with E-state index in [4.69, 9.17) is 10.5 Å². The first kappa shape index (κ1) is 14.3. The molecule has 0 amide bonds. The number of morpholine rings is 1. The lowest BCUT2D eigenvalue weighted by Crippen LogP contribution is -2.53. The van der Waals surface area contributed by atoms with Gasteiger partial charge in [0.05, 0.1) is 18.8 Å². The van der Waals surface area contributed by atoms with Crippen LogP contribution in [0.15, 0.2) is 18.3 Å². The van der Waals surface area contributed by atoms with Gasteiger partial charge in [-0.3, -0.25) is 0 Å². The molecule has 0 aliphatic carbocycles. The summed E-state index contributed by atoms with van der Waals surface area (Å²) in [5.41, 5.74) is 7.19. The predicted molar refractivity (Wildman–Crippen MR) is 78.5 cm³/mol. The summed E-state index contributed by atoms with van der Waals surface area (Å²) < 4.78 is 5.54. The Kier molecular flexibility index (Phi) is 4.42. The Morgan fingerprint density at radius 3 is 2.84 bits per heavy atom. The van der Waals surface area contributed by atoms with Crippen LogP contribution in [0.2, 0.25) is 0 Å². The lowest BCUT2D eigenvalue weighted by molar-refractivity contribution is 0.0639.